The molecule has 0 radical (unpaired) electrons. The summed E-state index contributed by atoms with van der Waals surface area (Å²) in [5.74, 6) is -3.67. The fraction of sp³-hybridized carbons (Fsp3) is 0.750. The molecule has 3 aliphatic rings. The SMILES string of the molecule is CC[C@H](C)[C@@H]([C@@H](CC(=O)N1CCC[C@H]1[C@H](OC)[C@@H](C)C(=O)N[C@@]1(C(=O)N2CCCCO2)C[C@H]1c1ccccc1)OC)N(C)C(=O)[C@@H](NC(=O)[C@H](C(C)C)N(C)CCCC(=O)O)C(C)C. The lowest BCUT2D eigenvalue weighted by molar-refractivity contribution is -0.200. The van der Waals surface area contributed by atoms with Crippen LogP contribution in [0.1, 0.15) is 118 Å². The van der Waals surface area contributed by atoms with E-state index in [0.717, 1.165) is 18.4 Å². The van der Waals surface area contributed by atoms with Crippen molar-refractivity contribution in [1.29, 1.82) is 0 Å². The molecule has 2 saturated heterocycles. The molecule has 0 spiro atoms. The number of amides is 5. The lowest BCUT2D eigenvalue weighted by atomic mass is 9.89. The lowest BCUT2D eigenvalue weighted by Gasteiger charge is -2.41. The van der Waals surface area contributed by atoms with Crippen LogP contribution < -0.4 is 10.6 Å². The topological polar surface area (TPSA) is 187 Å². The minimum atomic E-state index is -1.15. The molecule has 16 heteroatoms. The highest BCUT2D eigenvalue weighted by Gasteiger charge is 2.64. The Hall–Kier alpha value is -4.12. The summed E-state index contributed by atoms with van der Waals surface area (Å²) in [6.07, 6.45) is 3.13. The standard InChI is InChI=1S/C48H78N6O10/c1-12-32(6)42(52(9)46(60)40(30(2)3)49-45(59)41(31(4)5)51(8)24-19-23-39(56)57)37(62-10)28-38(55)53-25-18-22-36(53)43(63-11)33(7)44(58)50-48(47(61)54-26-16-17-27-64-54)29-35(48)34-20-14-13-15-21-34/h13-15,20-21,30-33,35-37,40-43H,12,16-19,22-29H2,1-11H3,(H,49,59)(H,50,58)(H,56,57)/t32-,33+,35-,36-,37+,40-,41-,42-,43+,48-/m0/s1. The van der Waals surface area contributed by atoms with Crippen LogP contribution in [-0.4, -0.2) is 157 Å². The molecule has 4 rings (SSSR count). The number of likely N-dealkylation sites (N-methyl/N-ethyl adjacent to an activating group) is 2. The molecule has 0 bridgehead atoms. The first-order valence-corrected chi connectivity index (χ1v) is 23.5. The zero-order valence-electron chi connectivity index (χ0n) is 40.3. The van der Waals surface area contributed by atoms with E-state index in [1.54, 1.807) is 45.0 Å². The van der Waals surface area contributed by atoms with Crippen LogP contribution in [0.25, 0.3) is 0 Å². The van der Waals surface area contributed by atoms with E-state index in [0.29, 0.717) is 58.3 Å². The Balaban J connectivity index is 1.50. The fourth-order valence-electron chi connectivity index (χ4n) is 10.0. The van der Waals surface area contributed by atoms with Gasteiger partial charge in [0.2, 0.25) is 23.6 Å². The Labute approximate surface area is 381 Å². The smallest absolute Gasteiger partial charge is 0.303 e. The number of benzene rings is 1. The normalized spacial score (nSPS) is 23.2. The number of nitrogens with zero attached hydrogens (tertiary/aromatic N) is 4. The molecule has 5 amide bonds. The van der Waals surface area contributed by atoms with Gasteiger partial charge in [-0.15, -0.1) is 0 Å². The maximum atomic E-state index is 14.5. The third-order valence-corrected chi connectivity index (χ3v) is 13.9. The van der Waals surface area contributed by atoms with Crippen molar-refractivity contribution in [2.24, 2.45) is 23.7 Å². The number of hydroxylamine groups is 2. The van der Waals surface area contributed by atoms with Gasteiger partial charge in [0.25, 0.3) is 5.91 Å². The number of rotatable bonds is 24. The van der Waals surface area contributed by atoms with E-state index in [1.165, 1.54) is 5.06 Å². The number of likely N-dealkylation sites (tertiary alicyclic amines) is 1. The first kappa shape index (κ1) is 52.5. The Kier molecular flexibility index (Phi) is 19.6. The molecule has 16 nitrogen and oxygen atoms in total. The van der Waals surface area contributed by atoms with E-state index < -0.39 is 53.8 Å². The van der Waals surface area contributed by atoms with Crippen LogP contribution in [0.3, 0.4) is 0 Å². The van der Waals surface area contributed by atoms with Gasteiger partial charge < -0.3 is 35.0 Å². The van der Waals surface area contributed by atoms with Crippen molar-refractivity contribution in [2.45, 2.75) is 154 Å². The summed E-state index contributed by atoms with van der Waals surface area (Å²) in [6.45, 7) is 15.2. The van der Waals surface area contributed by atoms with Crippen LogP contribution in [0.5, 0.6) is 0 Å². The van der Waals surface area contributed by atoms with Gasteiger partial charge in [-0.1, -0.05) is 85.2 Å². The van der Waals surface area contributed by atoms with Gasteiger partial charge in [-0.3, -0.25) is 38.5 Å². The molecule has 360 valence electrons. The number of carbonyl (C=O) groups excluding carboxylic acids is 5. The maximum Gasteiger partial charge on any atom is 0.303 e. The zero-order chi connectivity index (χ0) is 47.5. The highest BCUT2D eigenvalue weighted by molar-refractivity contribution is 5.96. The summed E-state index contributed by atoms with van der Waals surface area (Å²) >= 11 is 0. The third kappa shape index (κ3) is 12.6. The Morgan fingerprint density at radius 3 is 2.17 bits per heavy atom. The largest absolute Gasteiger partial charge is 0.481 e. The molecule has 0 aromatic heterocycles. The number of nitrogens with one attached hydrogen (secondary N) is 2. The van der Waals surface area contributed by atoms with Gasteiger partial charge in [0.05, 0.1) is 49.3 Å². The van der Waals surface area contributed by atoms with Crippen LogP contribution in [0.4, 0.5) is 0 Å². The number of aliphatic carboxylic acids is 1. The molecule has 1 aromatic rings. The van der Waals surface area contributed by atoms with E-state index in [4.69, 9.17) is 19.4 Å². The minimum absolute atomic E-state index is 0.00822. The Morgan fingerprint density at radius 2 is 1.61 bits per heavy atom. The molecule has 1 aliphatic carbocycles. The van der Waals surface area contributed by atoms with Gasteiger partial charge in [0.15, 0.2) is 0 Å². The molecule has 1 saturated carbocycles. The summed E-state index contributed by atoms with van der Waals surface area (Å²) in [7, 11) is 6.58. The Bertz CT molecular complexity index is 1730. The predicted molar refractivity (Wildman–Crippen MR) is 243 cm³/mol. The summed E-state index contributed by atoms with van der Waals surface area (Å²) < 4.78 is 12.1. The van der Waals surface area contributed by atoms with Crippen LogP contribution in [-0.2, 0) is 43.1 Å². The number of methoxy groups -OCH3 is 2. The second-order valence-electron chi connectivity index (χ2n) is 19.1. The van der Waals surface area contributed by atoms with Gasteiger partial charge in [-0.05, 0) is 75.4 Å². The number of carboxylic acids is 1. The van der Waals surface area contributed by atoms with Crippen molar-refractivity contribution in [3.05, 3.63) is 35.9 Å². The highest BCUT2D eigenvalue weighted by Crippen LogP contribution is 2.53. The number of ether oxygens (including phenoxy) is 2. The van der Waals surface area contributed by atoms with Crippen LogP contribution in [0, 0.1) is 23.7 Å². The van der Waals surface area contributed by atoms with Crippen molar-refractivity contribution in [1.82, 2.24) is 30.4 Å². The second kappa shape index (κ2) is 23.9. The van der Waals surface area contributed by atoms with Crippen molar-refractivity contribution in [2.75, 3.05) is 54.6 Å². The van der Waals surface area contributed by atoms with Gasteiger partial charge in [-0.25, -0.2) is 5.06 Å². The average Bonchev–Trinajstić information content (AvgIpc) is 3.79. The number of hydrogen-bond acceptors (Lipinski definition) is 10. The van der Waals surface area contributed by atoms with E-state index in [-0.39, 0.29) is 66.0 Å². The molecule has 2 aliphatic heterocycles. The maximum absolute atomic E-state index is 14.5. The lowest BCUT2D eigenvalue weighted by Crippen LogP contribution is -2.60. The molecule has 1 aromatic carbocycles. The molecule has 10 atom stereocenters. The van der Waals surface area contributed by atoms with Crippen LogP contribution in [0.2, 0.25) is 0 Å². The number of carboxylic acid groups (broad SMARTS) is 1. The van der Waals surface area contributed by atoms with Crippen molar-refractivity contribution in [3.63, 3.8) is 0 Å². The van der Waals surface area contributed by atoms with Crippen LogP contribution in [0.15, 0.2) is 30.3 Å². The van der Waals surface area contributed by atoms with Crippen LogP contribution >= 0.6 is 0 Å². The minimum Gasteiger partial charge on any atom is -0.481 e. The molecular formula is C48H78N6O10. The molecule has 2 heterocycles. The molecule has 0 unspecified atom stereocenters. The number of hydrogen-bond donors (Lipinski definition) is 3. The average molecular weight is 899 g/mol. The summed E-state index contributed by atoms with van der Waals surface area (Å²) in [5, 5.41) is 16.7. The first-order valence-electron chi connectivity index (χ1n) is 23.5. The van der Waals surface area contributed by atoms with Crippen molar-refractivity contribution >= 4 is 35.5 Å². The number of carbonyl (C=O) groups is 6. The van der Waals surface area contributed by atoms with Gasteiger partial charge in [0, 0.05) is 46.7 Å². The molecule has 3 N–H and O–H groups in total. The van der Waals surface area contributed by atoms with E-state index >= 15 is 0 Å². The van der Waals surface area contributed by atoms with Gasteiger partial charge >= 0.3 is 5.97 Å². The quantitative estimate of drug-likeness (QED) is 0.133. The Morgan fingerprint density at radius 1 is 0.922 bits per heavy atom. The third-order valence-electron chi connectivity index (χ3n) is 13.9. The molecule has 3 fully saturated rings. The summed E-state index contributed by atoms with van der Waals surface area (Å²) in [4.78, 5) is 93.4. The van der Waals surface area contributed by atoms with Crippen molar-refractivity contribution in [3.8, 4) is 0 Å². The van der Waals surface area contributed by atoms with E-state index in [9.17, 15) is 28.8 Å². The predicted octanol–water partition coefficient (Wildman–Crippen LogP) is 4.47. The van der Waals surface area contributed by atoms with Gasteiger partial charge in [-0.2, -0.15) is 0 Å². The monoisotopic (exact) mass is 899 g/mol. The summed E-state index contributed by atoms with van der Waals surface area (Å²) in [5.41, 5.74) is -0.188. The van der Waals surface area contributed by atoms with E-state index in [2.05, 4.69) is 10.6 Å². The van der Waals surface area contributed by atoms with Gasteiger partial charge in [0.1, 0.15) is 11.6 Å². The molecular weight excluding hydrogens is 821 g/mol. The fourth-order valence-corrected chi connectivity index (χ4v) is 10.0. The zero-order valence-corrected chi connectivity index (χ0v) is 40.3. The van der Waals surface area contributed by atoms with Crippen molar-refractivity contribution < 1.29 is 48.2 Å². The molecule has 64 heavy (non-hydrogen) atoms. The second-order valence-corrected chi connectivity index (χ2v) is 19.1. The first-order chi connectivity index (χ1) is 30.3. The summed E-state index contributed by atoms with van der Waals surface area (Å²) in [6, 6.07) is 7.31. The highest BCUT2D eigenvalue weighted by atomic mass is 16.7. The van der Waals surface area contributed by atoms with E-state index in [1.807, 2.05) is 76.8 Å².